The summed E-state index contributed by atoms with van der Waals surface area (Å²) in [6.07, 6.45) is 0. The molecule has 6 nitrogen and oxygen atoms in total. The van der Waals surface area contributed by atoms with Crippen LogP contribution in [0.2, 0.25) is 5.15 Å². The van der Waals surface area contributed by atoms with Crippen molar-refractivity contribution >= 4 is 33.2 Å². The fourth-order valence-electron chi connectivity index (χ4n) is 1.21. The van der Waals surface area contributed by atoms with Crippen LogP contribution in [-0.4, -0.2) is 42.5 Å². The highest BCUT2D eigenvalue weighted by molar-refractivity contribution is 7.91. The summed E-state index contributed by atoms with van der Waals surface area (Å²) in [6, 6.07) is 2.67. The van der Waals surface area contributed by atoms with Gasteiger partial charge in [-0.25, -0.2) is 18.2 Å². The first-order valence-corrected chi connectivity index (χ1v) is 7.40. The van der Waals surface area contributed by atoms with Crippen LogP contribution in [0.15, 0.2) is 12.1 Å². The van der Waals surface area contributed by atoms with Crippen LogP contribution >= 0.6 is 11.6 Å². The minimum absolute atomic E-state index is 0.0451. The Morgan fingerprint density at radius 1 is 1.50 bits per heavy atom. The highest BCUT2D eigenvalue weighted by Crippen LogP contribution is 2.16. The SMILES string of the molecule is CCS(=O)(=O)CCNc1nc(Cl)ccc1C(=O)O. The number of rotatable bonds is 6. The standard InChI is InChI=1S/C10H13ClN2O4S/c1-2-18(16,17)6-5-12-9-7(10(14)15)3-4-8(11)13-9/h3-4H,2,5-6H2,1H3,(H,12,13)(H,14,15). The number of pyridine rings is 1. The van der Waals surface area contributed by atoms with Crippen LogP contribution in [0.25, 0.3) is 0 Å². The zero-order valence-electron chi connectivity index (χ0n) is 9.68. The number of aromatic nitrogens is 1. The first-order chi connectivity index (χ1) is 8.35. The quantitative estimate of drug-likeness (QED) is 0.767. The van der Waals surface area contributed by atoms with Gasteiger partial charge < -0.3 is 10.4 Å². The van der Waals surface area contributed by atoms with Crippen molar-refractivity contribution in [3.8, 4) is 0 Å². The average molecular weight is 293 g/mol. The predicted molar refractivity (Wildman–Crippen MR) is 69.0 cm³/mol. The van der Waals surface area contributed by atoms with E-state index in [0.717, 1.165) is 0 Å². The average Bonchev–Trinajstić information content (AvgIpc) is 2.28. The number of anilines is 1. The second-order valence-corrected chi connectivity index (χ2v) is 6.36. The highest BCUT2D eigenvalue weighted by atomic mass is 35.5. The molecule has 0 radical (unpaired) electrons. The summed E-state index contributed by atoms with van der Waals surface area (Å²) in [6.45, 7) is 1.64. The topological polar surface area (TPSA) is 96.4 Å². The first kappa shape index (κ1) is 14.7. The van der Waals surface area contributed by atoms with Crippen molar-refractivity contribution in [3.05, 3.63) is 22.8 Å². The minimum atomic E-state index is -3.10. The molecule has 2 N–H and O–H groups in total. The Morgan fingerprint density at radius 2 is 2.17 bits per heavy atom. The summed E-state index contributed by atoms with van der Waals surface area (Å²) in [5, 5.41) is 11.7. The van der Waals surface area contributed by atoms with Gasteiger partial charge >= 0.3 is 5.97 Å². The van der Waals surface area contributed by atoms with Crippen molar-refractivity contribution in [2.75, 3.05) is 23.4 Å². The molecule has 0 unspecified atom stereocenters. The predicted octanol–water partition coefficient (Wildman–Crippen LogP) is 1.28. The van der Waals surface area contributed by atoms with Gasteiger partial charge in [0.2, 0.25) is 0 Å². The van der Waals surface area contributed by atoms with Gasteiger partial charge in [-0.1, -0.05) is 18.5 Å². The molecule has 1 heterocycles. The van der Waals surface area contributed by atoms with Gasteiger partial charge in [-0.05, 0) is 12.1 Å². The third-order valence-electron chi connectivity index (χ3n) is 2.24. The number of nitrogens with zero attached hydrogens (tertiary/aromatic N) is 1. The van der Waals surface area contributed by atoms with Crippen molar-refractivity contribution in [1.29, 1.82) is 0 Å². The molecule has 1 aromatic heterocycles. The zero-order valence-corrected chi connectivity index (χ0v) is 11.3. The molecule has 0 aliphatic heterocycles. The van der Waals surface area contributed by atoms with Gasteiger partial charge in [-0.15, -0.1) is 0 Å². The lowest BCUT2D eigenvalue weighted by Gasteiger charge is -2.08. The van der Waals surface area contributed by atoms with Crippen LogP contribution in [0.1, 0.15) is 17.3 Å². The summed E-state index contributed by atoms with van der Waals surface area (Å²) in [5.74, 6) is -1.12. The van der Waals surface area contributed by atoms with Crippen LogP contribution in [0, 0.1) is 0 Å². The second kappa shape index (κ2) is 6.01. The van der Waals surface area contributed by atoms with E-state index in [2.05, 4.69) is 10.3 Å². The number of hydrogen-bond donors (Lipinski definition) is 2. The van der Waals surface area contributed by atoms with Crippen LogP contribution in [0.3, 0.4) is 0 Å². The lowest BCUT2D eigenvalue weighted by atomic mass is 10.2. The maximum Gasteiger partial charge on any atom is 0.339 e. The maximum atomic E-state index is 11.3. The number of halogens is 1. The third kappa shape index (κ3) is 4.15. The largest absolute Gasteiger partial charge is 0.478 e. The normalized spacial score (nSPS) is 11.2. The molecule has 0 amide bonds. The summed E-state index contributed by atoms with van der Waals surface area (Å²) >= 11 is 5.66. The Bertz CT molecular complexity index is 545. The molecule has 0 aliphatic carbocycles. The lowest BCUT2D eigenvalue weighted by molar-refractivity contribution is 0.0697. The molecule has 0 aliphatic rings. The van der Waals surface area contributed by atoms with E-state index in [1.165, 1.54) is 12.1 Å². The van der Waals surface area contributed by atoms with Crippen molar-refractivity contribution in [2.45, 2.75) is 6.92 Å². The van der Waals surface area contributed by atoms with Gasteiger partial charge in [-0.3, -0.25) is 0 Å². The Balaban J connectivity index is 2.78. The van der Waals surface area contributed by atoms with Crippen LogP contribution in [0.4, 0.5) is 5.82 Å². The van der Waals surface area contributed by atoms with E-state index in [-0.39, 0.29) is 34.6 Å². The molecular weight excluding hydrogens is 280 g/mol. The van der Waals surface area contributed by atoms with E-state index in [1.807, 2.05) is 0 Å². The number of hydrogen-bond acceptors (Lipinski definition) is 5. The molecule has 1 aromatic rings. The van der Waals surface area contributed by atoms with Gasteiger partial charge in [0, 0.05) is 12.3 Å². The van der Waals surface area contributed by atoms with Gasteiger partial charge in [-0.2, -0.15) is 0 Å². The summed E-state index contributed by atoms with van der Waals surface area (Å²) in [4.78, 5) is 14.7. The monoisotopic (exact) mass is 292 g/mol. The molecule has 0 saturated heterocycles. The van der Waals surface area contributed by atoms with Gasteiger partial charge in [0.25, 0.3) is 0 Å². The molecule has 0 fully saturated rings. The second-order valence-electron chi connectivity index (χ2n) is 3.50. The van der Waals surface area contributed by atoms with E-state index in [9.17, 15) is 13.2 Å². The lowest BCUT2D eigenvalue weighted by Crippen LogP contribution is -2.19. The summed E-state index contributed by atoms with van der Waals surface area (Å²) in [5.41, 5.74) is -0.0479. The Labute approximate surface area is 110 Å². The molecule has 0 bridgehead atoms. The smallest absolute Gasteiger partial charge is 0.339 e. The van der Waals surface area contributed by atoms with Crippen LogP contribution in [-0.2, 0) is 9.84 Å². The highest BCUT2D eigenvalue weighted by Gasteiger charge is 2.13. The van der Waals surface area contributed by atoms with Crippen molar-refractivity contribution in [2.24, 2.45) is 0 Å². The Kier molecular flexibility index (Phi) is 4.92. The Morgan fingerprint density at radius 3 is 2.72 bits per heavy atom. The molecule has 0 aromatic carbocycles. The van der Waals surface area contributed by atoms with Crippen molar-refractivity contribution in [3.63, 3.8) is 0 Å². The van der Waals surface area contributed by atoms with Gasteiger partial charge in [0.05, 0.1) is 5.75 Å². The number of carbonyl (C=O) groups is 1. The summed E-state index contributed by atoms with van der Waals surface area (Å²) in [7, 11) is -3.10. The Hall–Kier alpha value is -1.34. The van der Waals surface area contributed by atoms with Gasteiger partial charge in [0.1, 0.15) is 16.5 Å². The van der Waals surface area contributed by atoms with Crippen molar-refractivity contribution in [1.82, 2.24) is 4.98 Å². The molecule has 8 heteroatoms. The minimum Gasteiger partial charge on any atom is -0.478 e. The van der Waals surface area contributed by atoms with Crippen molar-refractivity contribution < 1.29 is 18.3 Å². The number of sulfone groups is 1. The maximum absolute atomic E-state index is 11.3. The number of carboxylic acid groups (broad SMARTS) is 1. The molecule has 18 heavy (non-hydrogen) atoms. The molecule has 0 spiro atoms. The first-order valence-electron chi connectivity index (χ1n) is 5.20. The third-order valence-corrected chi connectivity index (χ3v) is 4.15. The molecule has 0 atom stereocenters. The van der Waals surface area contributed by atoms with Gasteiger partial charge in [0.15, 0.2) is 9.84 Å². The van der Waals surface area contributed by atoms with E-state index < -0.39 is 15.8 Å². The van der Waals surface area contributed by atoms with E-state index >= 15 is 0 Å². The fourth-order valence-corrected chi connectivity index (χ4v) is 2.06. The molecule has 100 valence electrons. The fraction of sp³-hybridized carbons (Fsp3) is 0.400. The molecule has 1 rings (SSSR count). The van der Waals surface area contributed by atoms with E-state index in [1.54, 1.807) is 6.92 Å². The van der Waals surface area contributed by atoms with E-state index in [4.69, 9.17) is 16.7 Å². The number of aromatic carboxylic acids is 1. The number of nitrogens with one attached hydrogen (secondary N) is 1. The van der Waals surface area contributed by atoms with Crippen LogP contribution < -0.4 is 5.32 Å². The zero-order chi connectivity index (χ0) is 13.8. The number of carboxylic acids is 1. The molecular formula is C10H13ClN2O4S. The summed E-state index contributed by atoms with van der Waals surface area (Å²) < 4.78 is 22.5. The van der Waals surface area contributed by atoms with Crippen LogP contribution in [0.5, 0.6) is 0 Å². The van der Waals surface area contributed by atoms with E-state index in [0.29, 0.717) is 0 Å². The molecule has 0 saturated carbocycles.